The van der Waals surface area contributed by atoms with Crippen LogP contribution >= 0.6 is 36.4 Å². The van der Waals surface area contributed by atoms with Gasteiger partial charge in [-0.15, -0.1) is 0 Å². The Labute approximate surface area is 183 Å². The average Bonchev–Trinajstić information content (AvgIpc) is 3.21. The zero-order valence-electron chi connectivity index (χ0n) is 15.3. The van der Waals surface area contributed by atoms with Crippen molar-refractivity contribution in [3.63, 3.8) is 0 Å². The minimum absolute atomic E-state index is 0.0524. The largest absolute Gasteiger partial charge is 0.494 e. The number of hydrogen-bond acceptors (Lipinski definition) is 15. The number of thiol groups is 1. The number of hydrogen-bond donors (Lipinski definition) is 7. The van der Waals surface area contributed by atoms with Crippen molar-refractivity contribution in [3.05, 3.63) is 12.7 Å². The quantitative estimate of drug-likeness (QED) is 0.117. The van der Waals surface area contributed by atoms with Crippen molar-refractivity contribution >= 4 is 53.4 Å². The highest BCUT2D eigenvalue weighted by Crippen LogP contribution is 2.68. The number of anilines is 1. The van der Waals surface area contributed by atoms with Gasteiger partial charge in [-0.3, -0.25) is 9.09 Å². The summed E-state index contributed by atoms with van der Waals surface area (Å²) in [7, 11) is -16.2. The Morgan fingerprint density at radius 1 is 1.12 bits per heavy atom. The van der Waals surface area contributed by atoms with Crippen molar-refractivity contribution in [2.45, 2.75) is 24.5 Å². The molecule has 0 bridgehead atoms. The molecule has 1 fully saturated rings. The number of aromatic nitrogens is 4. The molecule has 1 saturated heterocycles. The fraction of sp³-hybridized carbons (Fsp3) is 0.500. The highest BCUT2D eigenvalue weighted by atomic mass is 32.1. The SMILES string of the molecule is Nc1ncnc2c1ncn2[C@@H]1O[C@H](COP(=O)(OS)OP(=O)(O)OP(=O)(O)O)[C@@H](O)[C@H]1O. The Kier molecular flexibility index (Phi) is 7.46. The van der Waals surface area contributed by atoms with Crippen LogP contribution in [0.15, 0.2) is 12.7 Å². The molecule has 1 aliphatic rings. The van der Waals surface area contributed by atoms with Gasteiger partial charge in [0, 0.05) is 0 Å². The van der Waals surface area contributed by atoms with Crippen LogP contribution in [0.5, 0.6) is 0 Å². The van der Waals surface area contributed by atoms with Crippen LogP contribution in [0.1, 0.15) is 6.23 Å². The number of fused-ring (bicyclic) bond motifs is 1. The van der Waals surface area contributed by atoms with Crippen molar-refractivity contribution in [2.75, 3.05) is 12.3 Å². The Hall–Kier alpha value is -1.01. The van der Waals surface area contributed by atoms with E-state index in [2.05, 4.69) is 40.5 Å². The predicted octanol–water partition coefficient (Wildman–Crippen LogP) is -0.760. The van der Waals surface area contributed by atoms with Gasteiger partial charge in [0.05, 0.1) is 12.9 Å². The van der Waals surface area contributed by atoms with E-state index in [1.807, 2.05) is 0 Å². The Morgan fingerprint density at radius 2 is 1.81 bits per heavy atom. The van der Waals surface area contributed by atoms with Gasteiger partial charge in [-0.2, -0.15) is 8.62 Å². The zero-order chi connectivity index (χ0) is 23.9. The lowest BCUT2D eigenvalue weighted by Crippen LogP contribution is -2.33. The maximum atomic E-state index is 12.3. The molecule has 0 saturated carbocycles. The topological polar surface area (TPSA) is 268 Å². The first-order valence-corrected chi connectivity index (χ1v) is 12.9. The predicted molar refractivity (Wildman–Crippen MR) is 103 cm³/mol. The van der Waals surface area contributed by atoms with Gasteiger partial charge in [0.15, 0.2) is 17.7 Å². The smallest absolute Gasteiger partial charge is 0.387 e. The maximum Gasteiger partial charge on any atom is 0.494 e. The highest BCUT2D eigenvalue weighted by Gasteiger charge is 2.47. The summed E-state index contributed by atoms with van der Waals surface area (Å²) >= 11 is 3.17. The average molecular weight is 539 g/mol. The van der Waals surface area contributed by atoms with E-state index in [-0.39, 0.29) is 17.0 Å². The number of aliphatic hydroxyl groups is 2. The summed E-state index contributed by atoms with van der Waals surface area (Å²) in [6, 6.07) is 0. The third-order valence-electron chi connectivity index (χ3n) is 3.91. The number of ether oxygens (including phenoxy) is 1. The molecule has 7 N–H and O–H groups in total. The summed E-state index contributed by atoms with van der Waals surface area (Å²) in [5, 5.41) is 20.6. The van der Waals surface area contributed by atoms with Crippen LogP contribution in [0.4, 0.5) is 5.82 Å². The molecule has 180 valence electrons. The Morgan fingerprint density at radius 3 is 2.44 bits per heavy atom. The van der Waals surface area contributed by atoms with E-state index in [1.165, 1.54) is 10.9 Å². The molecule has 2 aromatic heterocycles. The van der Waals surface area contributed by atoms with E-state index in [9.17, 15) is 28.8 Å². The highest BCUT2D eigenvalue weighted by molar-refractivity contribution is 7.82. The molecule has 18 nitrogen and oxygen atoms in total. The molecule has 1 aliphatic heterocycles. The van der Waals surface area contributed by atoms with Crippen LogP contribution in [0.2, 0.25) is 0 Å². The zero-order valence-corrected chi connectivity index (χ0v) is 18.9. The first-order chi connectivity index (χ1) is 14.8. The second-order valence-electron chi connectivity index (χ2n) is 6.08. The van der Waals surface area contributed by atoms with Crippen LogP contribution < -0.4 is 5.73 Å². The molecule has 22 heteroatoms. The molecule has 6 atom stereocenters. The third-order valence-corrected chi connectivity index (χ3v) is 8.48. The summed E-state index contributed by atoms with van der Waals surface area (Å²) in [5.41, 5.74) is 6.05. The maximum absolute atomic E-state index is 12.3. The summed E-state index contributed by atoms with van der Waals surface area (Å²) in [4.78, 5) is 38.2. The van der Waals surface area contributed by atoms with Gasteiger partial charge < -0.3 is 35.4 Å². The lowest BCUT2D eigenvalue weighted by Gasteiger charge is -2.20. The molecule has 0 amide bonds. The van der Waals surface area contributed by atoms with Gasteiger partial charge in [0.25, 0.3) is 0 Å². The van der Waals surface area contributed by atoms with E-state index in [0.29, 0.717) is 0 Å². The summed E-state index contributed by atoms with van der Waals surface area (Å²) in [6.45, 7) is -0.869. The number of nitrogen functional groups attached to an aromatic ring is 1. The van der Waals surface area contributed by atoms with E-state index in [0.717, 1.165) is 6.33 Å². The van der Waals surface area contributed by atoms with Crippen molar-refractivity contribution in [1.29, 1.82) is 0 Å². The monoisotopic (exact) mass is 539 g/mol. The molecule has 0 spiro atoms. The second kappa shape index (κ2) is 9.32. The van der Waals surface area contributed by atoms with Gasteiger partial charge in [-0.1, -0.05) is 0 Å². The van der Waals surface area contributed by atoms with Crippen molar-refractivity contribution < 1.29 is 60.4 Å². The molecule has 0 aromatic carbocycles. The van der Waals surface area contributed by atoms with Crippen molar-refractivity contribution in [1.82, 2.24) is 19.5 Å². The summed E-state index contributed by atoms with van der Waals surface area (Å²) in [6.07, 6.45) is -3.54. The van der Waals surface area contributed by atoms with Gasteiger partial charge in [0.2, 0.25) is 0 Å². The Bertz CT molecular complexity index is 1130. The van der Waals surface area contributed by atoms with Crippen LogP contribution in [0.25, 0.3) is 11.2 Å². The standard InChI is InChI=1S/C10H16N5O13P3S/c11-8-5-9(13-2-12-8)15(3-14-5)10-7(17)6(16)4(25-10)1-24-31(23,28-32)27-30(21,22)26-29(18,19)20/h2-4,6-7,10,16-17,32H,1H2,(H,21,22)(H2,11,12,13)(H2,18,19,20)/t4-,6-,7-,10-,31?/m1/s1. The minimum Gasteiger partial charge on any atom is -0.387 e. The molecular weight excluding hydrogens is 523 g/mol. The molecule has 32 heavy (non-hydrogen) atoms. The van der Waals surface area contributed by atoms with E-state index in [4.69, 9.17) is 24.8 Å². The molecule has 2 unspecified atom stereocenters. The first-order valence-electron chi connectivity index (χ1n) is 8.08. The number of nitrogens with two attached hydrogens (primary N) is 1. The van der Waals surface area contributed by atoms with E-state index >= 15 is 0 Å². The van der Waals surface area contributed by atoms with Gasteiger partial charge in [-0.25, -0.2) is 32.6 Å². The normalized spacial score (nSPS) is 27.9. The summed E-state index contributed by atoms with van der Waals surface area (Å²) < 4.78 is 57.6. The van der Waals surface area contributed by atoms with E-state index in [1.54, 1.807) is 0 Å². The number of imidazole rings is 1. The van der Waals surface area contributed by atoms with Gasteiger partial charge in [-0.05, 0) is 12.9 Å². The molecule has 3 heterocycles. The minimum atomic E-state index is -5.64. The Balaban J connectivity index is 1.72. The molecule has 0 radical (unpaired) electrons. The number of aliphatic hydroxyl groups excluding tert-OH is 2. The van der Waals surface area contributed by atoms with Gasteiger partial charge >= 0.3 is 23.5 Å². The number of nitrogens with zero attached hydrogens (tertiary/aromatic N) is 4. The molecule has 2 aromatic rings. The van der Waals surface area contributed by atoms with Crippen LogP contribution in [-0.4, -0.2) is 69.3 Å². The number of phosphoric acid groups is 3. The molecule has 0 aliphatic carbocycles. The van der Waals surface area contributed by atoms with Crippen LogP contribution in [0.3, 0.4) is 0 Å². The van der Waals surface area contributed by atoms with Crippen LogP contribution in [0, 0.1) is 0 Å². The van der Waals surface area contributed by atoms with E-state index < -0.39 is 54.6 Å². The first kappa shape index (κ1) is 25.6. The van der Waals surface area contributed by atoms with Crippen molar-refractivity contribution in [3.8, 4) is 0 Å². The van der Waals surface area contributed by atoms with Crippen molar-refractivity contribution in [2.24, 2.45) is 0 Å². The lowest BCUT2D eigenvalue weighted by molar-refractivity contribution is -0.0498. The fourth-order valence-electron chi connectivity index (χ4n) is 2.66. The lowest BCUT2D eigenvalue weighted by atomic mass is 10.1. The van der Waals surface area contributed by atoms with Crippen LogP contribution in [-0.2, 0) is 35.5 Å². The molecular formula is C10H16N5O13P3S. The number of rotatable bonds is 9. The summed E-state index contributed by atoms with van der Waals surface area (Å²) in [5.74, 6) is 0.0524. The second-order valence-corrected chi connectivity index (χ2v) is 11.1. The fourth-order valence-corrected chi connectivity index (χ4v) is 6.22. The van der Waals surface area contributed by atoms with Gasteiger partial charge in [0.1, 0.15) is 30.2 Å². The molecule has 3 rings (SSSR count). The third kappa shape index (κ3) is 5.72.